The van der Waals surface area contributed by atoms with E-state index >= 15 is 0 Å². The Morgan fingerprint density at radius 3 is 2.56 bits per heavy atom. The normalized spacial score (nSPS) is 18.9. The Hall–Kier alpha value is -0.440. The predicted octanol–water partition coefficient (Wildman–Crippen LogP) is 3.83. The highest BCUT2D eigenvalue weighted by Crippen LogP contribution is 2.22. The van der Waals surface area contributed by atoms with Crippen molar-refractivity contribution in [1.29, 1.82) is 0 Å². The Morgan fingerprint density at radius 1 is 1.22 bits per heavy atom. The Kier molecular flexibility index (Phi) is 5.16. The fourth-order valence-electron chi connectivity index (χ4n) is 2.35. The van der Waals surface area contributed by atoms with Crippen LogP contribution in [0.1, 0.15) is 19.8 Å². The van der Waals surface area contributed by atoms with Crippen molar-refractivity contribution in [1.82, 2.24) is 4.90 Å². The fraction of sp³-hybridized carbons (Fsp3) is 0.571. The standard InChI is InChI=1S/C14H20Cl2N2/c1-2-4-14(16)18-9-7-17(8-10-18)13-6-3-5-12(15)11-13/h3,5-6,11,14H,2,4,7-10H2,1H3. The lowest BCUT2D eigenvalue weighted by Gasteiger charge is -2.38. The van der Waals surface area contributed by atoms with E-state index in [1.54, 1.807) is 0 Å². The smallest absolute Gasteiger partial charge is 0.0851 e. The van der Waals surface area contributed by atoms with Crippen LogP contribution < -0.4 is 4.90 Å². The first-order chi connectivity index (χ1) is 8.70. The molecule has 100 valence electrons. The molecule has 0 aliphatic carbocycles. The number of halogens is 2. The van der Waals surface area contributed by atoms with Gasteiger partial charge < -0.3 is 4.90 Å². The number of rotatable bonds is 4. The third-order valence-electron chi connectivity index (χ3n) is 3.41. The minimum absolute atomic E-state index is 0.191. The van der Waals surface area contributed by atoms with Gasteiger partial charge in [0.05, 0.1) is 5.50 Å². The van der Waals surface area contributed by atoms with Gasteiger partial charge in [0, 0.05) is 36.9 Å². The SMILES string of the molecule is CCCC(Cl)N1CCN(c2cccc(Cl)c2)CC1. The van der Waals surface area contributed by atoms with Crippen LogP contribution in [0, 0.1) is 0 Å². The van der Waals surface area contributed by atoms with E-state index in [0.29, 0.717) is 0 Å². The lowest BCUT2D eigenvalue weighted by atomic mass is 10.2. The molecule has 1 aliphatic heterocycles. The lowest BCUT2D eigenvalue weighted by Crippen LogP contribution is -2.49. The summed E-state index contributed by atoms with van der Waals surface area (Å²) in [7, 11) is 0. The Labute approximate surface area is 119 Å². The molecule has 18 heavy (non-hydrogen) atoms. The zero-order chi connectivity index (χ0) is 13.0. The molecular formula is C14H20Cl2N2. The highest BCUT2D eigenvalue weighted by molar-refractivity contribution is 6.30. The summed E-state index contributed by atoms with van der Waals surface area (Å²) in [6.07, 6.45) is 2.21. The second-order valence-corrected chi connectivity index (χ2v) is 5.67. The van der Waals surface area contributed by atoms with Gasteiger partial charge >= 0.3 is 0 Å². The number of nitrogens with zero attached hydrogens (tertiary/aromatic N) is 2. The summed E-state index contributed by atoms with van der Waals surface area (Å²) in [5, 5.41) is 0.802. The fourth-order valence-corrected chi connectivity index (χ4v) is 2.95. The highest BCUT2D eigenvalue weighted by atomic mass is 35.5. The van der Waals surface area contributed by atoms with Gasteiger partial charge in [0.15, 0.2) is 0 Å². The van der Waals surface area contributed by atoms with Crippen LogP contribution in [0.3, 0.4) is 0 Å². The molecule has 1 saturated heterocycles. The first kappa shape index (κ1) is 14.0. The Balaban J connectivity index is 1.90. The average Bonchev–Trinajstić information content (AvgIpc) is 2.39. The zero-order valence-electron chi connectivity index (χ0n) is 10.8. The third-order valence-corrected chi connectivity index (χ3v) is 4.14. The van der Waals surface area contributed by atoms with Gasteiger partial charge in [-0.05, 0) is 24.6 Å². The van der Waals surface area contributed by atoms with Crippen LogP contribution in [0.4, 0.5) is 5.69 Å². The summed E-state index contributed by atoms with van der Waals surface area (Å²) >= 11 is 12.4. The molecule has 0 aromatic heterocycles. The molecule has 0 saturated carbocycles. The molecule has 1 atom stereocenters. The average molecular weight is 287 g/mol. The van der Waals surface area contributed by atoms with Crippen molar-refractivity contribution in [2.45, 2.75) is 25.3 Å². The minimum atomic E-state index is 0.191. The molecule has 2 nitrogen and oxygen atoms in total. The van der Waals surface area contributed by atoms with Gasteiger partial charge in [0.1, 0.15) is 0 Å². The number of hydrogen-bond acceptors (Lipinski definition) is 2. The summed E-state index contributed by atoms with van der Waals surface area (Å²) < 4.78 is 0. The van der Waals surface area contributed by atoms with Crippen LogP contribution in [0.2, 0.25) is 5.02 Å². The van der Waals surface area contributed by atoms with E-state index in [2.05, 4.69) is 22.8 Å². The molecule has 1 aromatic carbocycles. The zero-order valence-corrected chi connectivity index (χ0v) is 12.3. The van der Waals surface area contributed by atoms with E-state index in [9.17, 15) is 0 Å². The van der Waals surface area contributed by atoms with Crippen LogP contribution in [-0.2, 0) is 0 Å². The van der Waals surface area contributed by atoms with E-state index in [-0.39, 0.29) is 5.50 Å². The van der Waals surface area contributed by atoms with E-state index in [4.69, 9.17) is 23.2 Å². The number of hydrogen-bond donors (Lipinski definition) is 0. The molecule has 1 aliphatic rings. The van der Waals surface area contributed by atoms with Crippen molar-refractivity contribution in [3.63, 3.8) is 0 Å². The summed E-state index contributed by atoms with van der Waals surface area (Å²) in [4.78, 5) is 4.74. The molecule has 0 amide bonds. The van der Waals surface area contributed by atoms with Crippen LogP contribution in [0.25, 0.3) is 0 Å². The summed E-state index contributed by atoms with van der Waals surface area (Å²) in [5.74, 6) is 0. The van der Waals surface area contributed by atoms with Gasteiger partial charge in [-0.2, -0.15) is 0 Å². The van der Waals surface area contributed by atoms with Crippen LogP contribution in [-0.4, -0.2) is 36.6 Å². The topological polar surface area (TPSA) is 6.48 Å². The number of piperazine rings is 1. The van der Waals surface area contributed by atoms with Gasteiger partial charge in [-0.1, -0.05) is 31.0 Å². The number of benzene rings is 1. The number of alkyl halides is 1. The third kappa shape index (κ3) is 3.53. The van der Waals surface area contributed by atoms with Crippen molar-refractivity contribution in [3.05, 3.63) is 29.3 Å². The van der Waals surface area contributed by atoms with E-state index in [1.807, 2.05) is 18.2 Å². The molecule has 1 heterocycles. The minimum Gasteiger partial charge on any atom is -0.369 e. The van der Waals surface area contributed by atoms with Crippen molar-refractivity contribution in [2.24, 2.45) is 0 Å². The monoisotopic (exact) mass is 286 g/mol. The van der Waals surface area contributed by atoms with Gasteiger partial charge in [0.2, 0.25) is 0 Å². The molecule has 1 fully saturated rings. The molecule has 0 N–H and O–H groups in total. The van der Waals surface area contributed by atoms with Crippen LogP contribution in [0.15, 0.2) is 24.3 Å². The van der Waals surface area contributed by atoms with Gasteiger partial charge in [0.25, 0.3) is 0 Å². The molecular weight excluding hydrogens is 267 g/mol. The van der Waals surface area contributed by atoms with E-state index in [0.717, 1.165) is 44.0 Å². The first-order valence-electron chi connectivity index (χ1n) is 6.59. The van der Waals surface area contributed by atoms with Gasteiger partial charge in [-0.25, -0.2) is 0 Å². The summed E-state index contributed by atoms with van der Waals surface area (Å²) in [6.45, 7) is 6.28. The maximum absolute atomic E-state index is 6.37. The Bertz CT molecular complexity index is 376. The van der Waals surface area contributed by atoms with E-state index in [1.165, 1.54) is 5.69 Å². The summed E-state index contributed by atoms with van der Waals surface area (Å²) in [5.41, 5.74) is 1.40. The maximum Gasteiger partial charge on any atom is 0.0851 e. The van der Waals surface area contributed by atoms with Crippen molar-refractivity contribution < 1.29 is 0 Å². The molecule has 0 bridgehead atoms. The number of anilines is 1. The second kappa shape index (κ2) is 6.65. The second-order valence-electron chi connectivity index (χ2n) is 4.73. The molecule has 1 unspecified atom stereocenters. The maximum atomic E-state index is 6.37. The van der Waals surface area contributed by atoms with Gasteiger partial charge in [-0.3, -0.25) is 4.90 Å². The molecule has 0 spiro atoms. The predicted molar refractivity (Wildman–Crippen MR) is 79.8 cm³/mol. The molecule has 2 rings (SSSR count). The largest absolute Gasteiger partial charge is 0.369 e. The first-order valence-corrected chi connectivity index (χ1v) is 7.41. The highest BCUT2D eigenvalue weighted by Gasteiger charge is 2.21. The van der Waals surface area contributed by atoms with Gasteiger partial charge in [-0.15, -0.1) is 11.6 Å². The quantitative estimate of drug-likeness (QED) is 0.613. The Morgan fingerprint density at radius 2 is 1.94 bits per heavy atom. The molecule has 1 aromatic rings. The van der Waals surface area contributed by atoms with Crippen molar-refractivity contribution in [3.8, 4) is 0 Å². The molecule has 4 heteroatoms. The lowest BCUT2D eigenvalue weighted by molar-refractivity contribution is 0.228. The van der Waals surface area contributed by atoms with E-state index < -0.39 is 0 Å². The van der Waals surface area contributed by atoms with Crippen LogP contribution >= 0.6 is 23.2 Å². The summed E-state index contributed by atoms with van der Waals surface area (Å²) in [6, 6.07) is 8.07. The van der Waals surface area contributed by atoms with Crippen molar-refractivity contribution >= 4 is 28.9 Å². The van der Waals surface area contributed by atoms with Crippen molar-refractivity contribution in [2.75, 3.05) is 31.1 Å². The van der Waals surface area contributed by atoms with Crippen LogP contribution in [0.5, 0.6) is 0 Å². The molecule has 0 radical (unpaired) electrons.